The van der Waals surface area contributed by atoms with Gasteiger partial charge in [-0.05, 0) is 18.6 Å². The van der Waals surface area contributed by atoms with Crippen LogP contribution >= 0.6 is 0 Å². The number of furan rings is 1. The summed E-state index contributed by atoms with van der Waals surface area (Å²) in [6.45, 7) is 3.86. The Hall–Kier alpha value is -1.82. The van der Waals surface area contributed by atoms with Gasteiger partial charge in [-0.2, -0.15) is 0 Å². The predicted octanol–water partition coefficient (Wildman–Crippen LogP) is 0.981. The summed E-state index contributed by atoms with van der Waals surface area (Å²) in [5, 5.41) is 10.9. The standard InChI is InChI=1S/C12H17NO5/c1-3-9-8(2)6-10(18-9)12(16)13-4-5-17-7-11(14)15/h6H,3-5,7H2,1-2H3,(H,13,16)(H,14,15). The van der Waals surface area contributed by atoms with Crippen molar-refractivity contribution in [3.05, 3.63) is 23.2 Å². The molecule has 1 rings (SSSR count). The summed E-state index contributed by atoms with van der Waals surface area (Å²) in [4.78, 5) is 21.8. The third-order valence-electron chi connectivity index (χ3n) is 2.32. The van der Waals surface area contributed by atoms with Gasteiger partial charge in [0.25, 0.3) is 5.91 Å². The smallest absolute Gasteiger partial charge is 0.329 e. The van der Waals surface area contributed by atoms with Crippen LogP contribution in [0.1, 0.15) is 28.8 Å². The second kappa shape index (κ2) is 6.80. The number of rotatable bonds is 7. The Morgan fingerprint density at radius 1 is 1.50 bits per heavy atom. The molecule has 0 spiro atoms. The minimum Gasteiger partial charge on any atom is -0.480 e. The number of carbonyl (C=O) groups is 2. The number of hydrogen-bond donors (Lipinski definition) is 2. The molecule has 1 aromatic heterocycles. The summed E-state index contributed by atoms with van der Waals surface area (Å²) in [5.41, 5.74) is 0.949. The van der Waals surface area contributed by atoms with Crippen LogP contribution in [0.25, 0.3) is 0 Å². The third kappa shape index (κ3) is 4.21. The van der Waals surface area contributed by atoms with Crippen molar-refractivity contribution in [3.8, 4) is 0 Å². The highest BCUT2D eigenvalue weighted by molar-refractivity contribution is 5.91. The topological polar surface area (TPSA) is 88.8 Å². The van der Waals surface area contributed by atoms with Crippen LogP contribution in [0.5, 0.6) is 0 Å². The molecule has 1 aromatic rings. The van der Waals surface area contributed by atoms with Gasteiger partial charge in [-0.3, -0.25) is 4.79 Å². The number of amides is 1. The van der Waals surface area contributed by atoms with Gasteiger partial charge < -0.3 is 19.6 Å². The van der Waals surface area contributed by atoms with Crippen LogP contribution in [0.3, 0.4) is 0 Å². The van der Waals surface area contributed by atoms with Crippen molar-refractivity contribution < 1.29 is 23.8 Å². The monoisotopic (exact) mass is 255 g/mol. The van der Waals surface area contributed by atoms with E-state index in [4.69, 9.17) is 14.3 Å². The van der Waals surface area contributed by atoms with Gasteiger partial charge in [0.15, 0.2) is 5.76 Å². The molecule has 1 heterocycles. The van der Waals surface area contributed by atoms with Gasteiger partial charge >= 0.3 is 5.97 Å². The highest BCUT2D eigenvalue weighted by atomic mass is 16.5. The Bertz CT molecular complexity index is 424. The minimum absolute atomic E-state index is 0.151. The van der Waals surface area contributed by atoms with Crippen molar-refractivity contribution in [2.45, 2.75) is 20.3 Å². The zero-order valence-electron chi connectivity index (χ0n) is 10.5. The van der Waals surface area contributed by atoms with Gasteiger partial charge in [-0.15, -0.1) is 0 Å². The first kappa shape index (κ1) is 14.2. The number of carboxylic acids is 1. The molecule has 0 radical (unpaired) electrons. The lowest BCUT2D eigenvalue weighted by atomic mass is 10.2. The highest BCUT2D eigenvalue weighted by Gasteiger charge is 2.12. The first-order valence-electron chi connectivity index (χ1n) is 5.71. The molecular formula is C12H17NO5. The van der Waals surface area contributed by atoms with Crippen molar-refractivity contribution >= 4 is 11.9 Å². The molecule has 0 aliphatic rings. The van der Waals surface area contributed by atoms with Gasteiger partial charge in [0.05, 0.1) is 6.61 Å². The molecule has 0 saturated carbocycles. The first-order valence-corrected chi connectivity index (χ1v) is 5.71. The van der Waals surface area contributed by atoms with Gasteiger partial charge in [0, 0.05) is 13.0 Å². The number of nitrogens with one attached hydrogen (secondary N) is 1. The largest absolute Gasteiger partial charge is 0.480 e. The molecule has 1 amide bonds. The predicted molar refractivity (Wildman–Crippen MR) is 63.6 cm³/mol. The van der Waals surface area contributed by atoms with Crippen LogP contribution in [0.15, 0.2) is 10.5 Å². The van der Waals surface area contributed by atoms with E-state index in [1.165, 1.54) is 0 Å². The van der Waals surface area contributed by atoms with Crippen LogP contribution < -0.4 is 5.32 Å². The lowest BCUT2D eigenvalue weighted by Gasteiger charge is -2.03. The molecular weight excluding hydrogens is 238 g/mol. The minimum atomic E-state index is -1.03. The molecule has 0 bridgehead atoms. The molecule has 0 unspecified atom stereocenters. The number of aryl methyl sites for hydroxylation is 2. The number of aliphatic carboxylic acids is 1. The summed E-state index contributed by atoms with van der Waals surface area (Å²) >= 11 is 0. The van der Waals surface area contributed by atoms with Crippen LogP contribution in [0.4, 0.5) is 0 Å². The fourth-order valence-electron chi connectivity index (χ4n) is 1.47. The van der Waals surface area contributed by atoms with Crippen molar-refractivity contribution in [2.24, 2.45) is 0 Å². The lowest BCUT2D eigenvalue weighted by Crippen LogP contribution is -2.27. The van der Waals surface area contributed by atoms with E-state index in [0.29, 0.717) is 0 Å². The Labute approximate surface area is 105 Å². The normalized spacial score (nSPS) is 10.3. The molecule has 0 saturated heterocycles. The third-order valence-corrected chi connectivity index (χ3v) is 2.32. The summed E-state index contributed by atoms with van der Waals surface area (Å²) in [7, 11) is 0. The van der Waals surface area contributed by atoms with Crippen LogP contribution in [-0.4, -0.2) is 36.7 Å². The Kier molecular flexibility index (Phi) is 5.38. The van der Waals surface area contributed by atoms with Crippen molar-refractivity contribution in [1.29, 1.82) is 0 Å². The SMILES string of the molecule is CCc1oc(C(=O)NCCOCC(=O)O)cc1C. The van der Waals surface area contributed by atoms with Crippen molar-refractivity contribution in [3.63, 3.8) is 0 Å². The second-order valence-corrected chi connectivity index (χ2v) is 3.77. The van der Waals surface area contributed by atoms with E-state index < -0.39 is 5.97 Å². The molecule has 0 aliphatic heterocycles. The van der Waals surface area contributed by atoms with Gasteiger partial charge in [0.1, 0.15) is 12.4 Å². The summed E-state index contributed by atoms with van der Waals surface area (Å²) in [6.07, 6.45) is 0.737. The summed E-state index contributed by atoms with van der Waals surface area (Å²) in [5.74, 6) is -0.294. The average molecular weight is 255 g/mol. The second-order valence-electron chi connectivity index (χ2n) is 3.77. The molecule has 6 heteroatoms. The summed E-state index contributed by atoms with van der Waals surface area (Å²) in [6, 6.07) is 1.69. The quantitative estimate of drug-likeness (QED) is 0.709. The van der Waals surface area contributed by atoms with E-state index in [2.05, 4.69) is 5.32 Å². The highest BCUT2D eigenvalue weighted by Crippen LogP contribution is 2.14. The number of carboxylic acid groups (broad SMARTS) is 1. The Morgan fingerprint density at radius 3 is 2.78 bits per heavy atom. The fourth-order valence-corrected chi connectivity index (χ4v) is 1.47. The Balaban J connectivity index is 2.34. The lowest BCUT2D eigenvalue weighted by molar-refractivity contribution is -0.142. The van der Waals surface area contributed by atoms with Crippen LogP contribution in [0.2, 0.25) is 0 Å². The summed E-state index contributed by atoms with van der Waals surface area (Å²) < 4.78 is 10.2. The number of hydrogen-bond acceptors (Lipinski definition) is 4. The molecule has 0 fully saturated rings. The van der Waals surface area contributed by atoms with E-state index in [0.717, 1.165) is 17.7 Å². The zero-order valence-corrected chi connectivity index (χ0v) is 10.5. The zero-order chi connectivity index (χ0) is 13.5. The molecule has 2 N–H and O–H groups in total. The maximum absolute atomic E-state index is 11.6. The molecule has 0 aromatic carbocycles. The maximum atomic E-state index is 11.6. The molecule has 0 atom stereocenters. The van der Waals surface area contributed by atoms with E-state index in [1.54, 1.807) is 6.07 Å². The van der Waals surface area contributed by atoms with E-state index in [-0.39, 0.29) is 31.4 Å². The molecule has 18 heavy (non-hydrogen) atoms. The number of carbonyl (C=O) groups excluding carboxylic acids is 1. The van der Waals surface area contributed by atoms with Gasteiger partial charge in [0.2, 0.25) is 0 Å². The van der Waals surface area contributed by atoms with Gasteiger partial charge in [-0.25, -0.2) is 4.79 Å². The maximum Gasteiger partial charge on any atom is 0.329 e. The van der Waals surface area contributed by atoms with E-state index >= 15 is 0 Å². The van der Waals surface area contributed by atoms with Crippen LogP contribution in [-0.2, 0) is 16.0 Å². The first-order chi connectivity index (χ1) is 8.54. The average Bonchev–Trinajstić information content (AvgIpc) is 2.69. The molecule has 6 nitrogen and oxygen atoms in total. The van der Waals surface area contributed by atoms with Crippen molar-refractivity contribution in [1.82, 2.24) is 5.32 Å². The Morgan fingerprint density at radius 2 is 2.22 bits per heavy atom. The van der Waals surface area contributed by atoms with E-state index in [9.17, 15) is 9.59 Å². The van der Waals surface area contributed by atoms with E-state index in [1.807, 2.05) is 13.8 Å². The number of ether oxygens (including phenoxy) is 1. The fraction of sp³-hybridized carbons (Fsp3) is 0.500. The van der Waals surface area contributed by atoms with Gasteiger partial charge in [-0.1, -0.05) is 6.92 Å². The van der Waals surface area contributed by atoms with Crippen LogP contribution in [0, 0.1) is 6.92 Å². The van der Waals surface area contributed by atoms with Crippen molar-refractivity contribution in [2.75, 3.05) is 19.8 Å². The molecule has 0 aliphatic carbocycles. The molecule has 100 valence electrons.